The molecule has 1 N–H and O–H groups in total. The highest BCUT2D eigenvalue weighted by atomic mass is 79.9. The lowest BCUT2D eigenvalue weighted by atomic mass is 9.85. The zero-order valence-corrected chi connectivity index (χ0v) is 15.2. The quantitative estimate of drug-likeness (QED) is 0.803. The van der Waals surface area contributed by atoms with Crippen molar-refractivity contribution in [3.05, 3.63) is 34.3 Å². The summed E-state index contributed by atoms with van der Waals surface area (Å²) in [5.41, 5.74) is 1.37. The first-order chi connectivity index (χ1) is 10.1. The van der Waals surface area contributed by atoms with E-state index in [9.17, 15) is 0 Å². The van der Waals surface area contributed by atoms with Gasteiger partial charge in [0.05, 0.1) is 0 Å². The number of nitrogens with one attached hydrogen (secondary N) is 1. The van der Waals surface area contributed by atoms with Crippen LogP contribution < -0.4 is 5.32 Å². The molecule has 118 valence electrons. The molecule has 21 heavy (non-hydrogen) atoms. The van der Waals surface area contributed by atoms with Crippen LogP contribution in [-0.4, -0.2) is 31.6 Å². The van der Waals surface area contributed by atoms with Gasteiger partial charge in [-0.05, 0) is 63.5 Å². The molecule has 0 saturated heterocycles. The summed E-state index contributed by atoms with van der Waals surface area (Å²) in [5.74, 6) is 0.850. The van der Waals surface area contributed by atoms with E-state index in [1.54, 1.807) is 0 Å². The fraction of sp³-hybridized carbons (Fsp3) is 0.667. The van der Waals surface area contributed by atoms with Crippen LogP contribution in [0.3, 0.4) is 0 Å². The van der Waals surface area contributed by atoms with Gasteiger partial charge in [-0.15, -0.1) is 0 Å². The predicted molar refractivity (Wildman–Crippen MR) is 94.6 cm³/mol. The molecule has 3 unspecified atom stereocenters. The van der Waals surface area contributed by atoms with Crippen molar-refractivity contribution in [1.82, 2.24) is 10.2 Å². The van der Waals surface area contributed by atoms with Crippen LogP contribution in [0.2, 0.25) is 0 Å². The van der Waals surface area contributed by atoms with Crippen molar-refractivity contribution >= 4 is 15.9 Å². The summed E-state index contributed by atoms with van der Waals surface area (Å²) in [6.45, 7) is 3.58. The summed E-state index contributed by atoms with van der Waals surface area (Å²) < 4.78 is 1.16. The Balaban J connectivity index is 1.90. The molecule has 3 atom stereocenters. The largest absolute Gasteiger partial charge is 0.313 e. The summed E-state index contributed by atoms with van der Waals surface area (Å²) in [5, 5.41) is 3.47. The number of nitrogens with zero attached hydrogens (tertiary/aromatic N) is 1. The maximum Gasteiger partial charge on any atom is 0.0330 e. The molecule has 2 rings (SSSR count). The third-order valence-corrected chi connectivity index (χ3v) is 5.50. The number of benzene rings is 1. The van der Waals surface area contributed by atoms with Crippen molar-refractivity contribution in [2.24, 2.45) is 5.92 Å². The van der Waals surface area contributed by atoms with E-state index >= 15 is 0 Å². The van der Waals surface area contributed by atoms with Gasteiger partial charge in [0.1, 0.15) is 0 Å². The predicted octanol–water partition coefficient (Wildman–Crippen LogP) is 4.61. The lowest BCUT2D eigenvalue weighted by molar-refractivity contribution is 0.135. The summed E-state index contributed by atoms with van der Waals surface area (Å²) >= 11 is 3.57. The first kappa shape index (κ1) is 17.0. The van der Waals surface area contributed by atoms with Crippen LogP contribution in [0.1, 0.15) is 50.6 Å². The number of halogens is 1. The highest BCUT2D eigenvalue weighted by Gasteiger charge is 2.25. The lowest BCUT2D eigenvalue weighted by Gasteiger charge is -2.37. The van der Waals surface area contributed by atoms with Gasteiger partial charge < -0.3 is 10.2 Å². The SMILES string of the molecule is CNC(CCN(C)C1CCCCC1C)c1cccc(Br)c1. The van der Waals surface area contributed by atoms with Crippen LogP contribution in [0.5, 0.6) is 0 Å². The molecule has 0 amide bonds. The molecule has 0 spiro atoms. The number of hydrogen-bond donors (Lipinski definition) is 1. The Bertz CT molecular complexity index is 435. The average molecular weight is 353 g/mol. The minimum absolute atomic E-state index is 0.434. The summed E-state index contributed by atoms with van der Waals surface area (Å²) in [7, 11) is 4.37. The Hall–Kier alpha value is -0.380. The molecule has 2 nitrogen and oxygen atoms in total. The van der Waals surface area contributed by atoms with Crippen molar-refractivity contribution in [2.45, 2.75) is 51.1 Å². The topological polar surface area (TPSA) is 15.3 Å². The van der Waals surface area contributed by atoms with Gasteiger partial charge in [0.2, 0.25) is 0 Å². The summed E-state index contributed by atoms with van der Waals surface area (Å²) in [4.78, 5) is 2.59. The molecule has 1 saturated carbocycles. The van der Waals surface area contributed by atoms with Gasteiger partial charge in [-0.3, -0.25) is 0 Å². The van der Waals surface area contributed by atoms with Crippen LogP contribution in [-0.2, 0) is 0 Å². The zero-order valence-electron chi connectivity index (χ0n) is 13.6. The van der Waals surface area contributed by atoms with E-state index in [1.165, 1.54) is 31.2 Å². The molecule has 0 aliphatic heterocycles. The second-order valence-electron chi connectivity index (χ2n) is 6.49. The highest BCUT2D eigenvalue weighted by Crippen LogP contribution is 2.28. The Morgan fingerprint density at radius 2 is 2.10 bits per heavy atom. The first-order valence-electron chi connectivity index (χ1n) is 8.24. The molecule has 1 aliphatic carbocycles. The van der Waals surface area contributed by atoms with Gasteiger partial charge in [0, 0.05) is 16.6 Å². The van der Waals surface area contributed by atoms with Crippen molar-refractivity contribution in [3.63, 3.8) is 0 Å². The second kappa shape index (κ2) is 8.30. The fourth-order valence-electron chi connectivity index (χ4n) is 3.65. The molecular formula is C18H29BrN2. The molecule has 3 heteroatoms. The summed E-state index contributed by atoms with van der Waals surface area (Å²) in [6.07, 6.45) is 6.75. The van der Waals surface area contributed by atoms with Gasteiger partial charge in [-0.2, -0.15) is 0 Å². The van der Waals surface area contributed by atoms with E-state index in [-0.39, 0.29) is 0 Å². The highest BCUT2D eigenvalue weighted by molar-refractivity contribution is 9.10. The molecule has 0 aromatic heterocycles. The molecule has 1 aromatic carbocycles. The first-order valence-corrected chi connectivity index (χ1v) is 9.04. The zero-order chi connectivity index (χ0) is 15.2. The Kier molecular flexibility index (Phi) is 6.72. The van der Waals surface area contributed by atoms with Crippen molar-refractivity contribution in [1.29, 1.82) is 0 Å². The van der Waals surface area contributed by atoms with Crippen LogP contribution >= 0.6 is 15.9 Å². The van der Waals surface area contributed by atoms with Crippen LogP contribution in [0.15, 0.2) is 28.7 Å². The van der Waals surface area contributed by atoms with Gasteiger partial charge in [0.15, 0.2) is 0 Å². The molecule has 1 fully saturated rings. The van der Waals surface area contributed by atoms with Crippen LogP contribution in [0.4, 0.5) is 0 Å². The Morgan fingerprint density at radius 3 is 2.76 bits per heavy atom. The average Bonchev–Trinajstić information content (AvgIpc) is 2.48. The van der Waals surface area contributed by atoms with Crippen molar-refractivity contribution < 1.29 is 0 Å². The number of rotatable bonds is 6. The van der Waals surface area contributed by atoms with E-state index < -0.39 is 0 Å². The fourth-order valence-corrected chi connectivity index (χ4v) is 4.07. The molecule has 1 aromatic rings. The maximum atomic E-state index is 3.57. The van der Waals surface area contributed by atoms with Gasteiger partial charge in [0.25, 0.3) is 0 Å². The third-order valence-electron chi connectivity index (χ3n) is 5.00. The normalized spacial score (nSPS) is 24.2. The van der Waals surface area contributed by atoms with Gasteiger partial charge >= 0.3 is 0 Å². The minimum Gasteiger partial charge on any atom is -0.313 e. The van der Waals surface area contributed by atoms with Crippen LogP contribution in [0, 0.1) is 5.92 Å². The molecule has 0 bridgehead atoms. The Morgan fingerprint density at radius 1 is 1.33 bits per heavy atom. The Labute approximate surface area is 138 Å². The number of hydrogen-bond acceptors (Lipinski definition) is 2. The van der Waals surface area contributed by atoms with E-state index in [4.69, 9.17) is 0 Å². The van der Waals surface area contributed by atoms with E-state index in [2.05, 4.69) is 71.4 Å². The molecule has 0 radical (unpaired) electrons. The lowest BCUT2D eigenvalue weighted by Crippen LogP contribution is -2.40. The van der Waals surface area contributed by atoms with E-state index in [0.29, 0.717) is 6.04 Å². The molecule has 0 heterocycles. The van der Waals surface area contributed by atoms with Gasteiger partial charge in [-0.25, -0.2) is 0 Å². The van der Waals surface area contributed by atoms with Gasteiger partial charge in [-0.1, -0.05) is 47.8 Å². The maximum absolute atomic E-state index is 3.57. The molecule has 1 aliphatic rings. The van der Waals surface area contributed by atoms with Crippen molar-refractivity contribution in [2.75, 3.05) is 20.6 Å². The monoisotopic (exact) mass is 352 g/mol. The van der Waals surface area contributed by atoms with E-state index in [1.807, 2.05) is 0 Å². The van der Waals surface area contributed by atoms with E-state index in [0.717, 1.165) is 29.4 Å². The second-order valence-corrected chi connectivity index (χ2v) is 7.41. The minimum atomic E-state index is 0.434. The van der Waals surface area contributed by atoms with Crippen molar-refractivity contribution in [3.8, 4) is 0 Å². The summed E-state index contributed by atoms with van der Waals surface area (Å²) in [6, 6.07) is 9.87. The standard InChI is InChI=1S/C18H29BrN2/c1-14-7-4-5-10-18(14)21(3)12-11-17(20-2)15-8-6-9-16(19)13-15/h6,8-9,13-14,17-18,20H,4-5,7,10-12H2,1-3H3. The smallest absolute Gasteiger partial charge is 0.0330 e. The molecular weight excluding hydrogens is 324 g/mol. The van der Waals surface area contributed by atoms with Crippen LogP contribution in [0.25, 0.3) is 0 Å². The third kappa shape index (κ3) is 4.80.